The molecule has 0 N–H and O–H groups in total. The van der Waals surface area contributed by atoms with E-state index < -0.39 is 0 Å². The highest BCUT2D eigenvalue weighted by Crippen LogP contribution is 2.40. The molecule has 5 aromatic heterocycles. The second-order valence-corrected chi connectivity index (χ2v) is 16.5. The van der Waals surface area contributed by atoms with E-state index in [0.717, 1.165) is 71.6 Å². The molecule has 7 heteroatoms. The first kappa shape index (κ1) is 34.9. The number of rotatable bonds is 5. The molecule has 0 fully saturated rings. The maximum atomic E-state index is 5.34. The fraction of sp³-hybridized carbons (Fsp3) is 0. The normalized spacial score (nSPS) is 12.1. The smallest absolute Gasteiger partial charge is 0.240 e. The highest BCUT2D eigenvalue weighted by Gasteiger charge is 2.22. The molecule has 298 valence electrons. The number of hydrogen-bond donors (Lipinski definition) is 0. The SMILES string of the molecule is c1ccc(-n2c3ccccc3c3cc4c5ccccc5n(-c5ccc(-c6nc(-n7c8ccccc8c8ccccc87)nc(-n7c8ccccc8c8ccccc87)n6)cc5)c4cc32)cc1. The van der Waals surface area contributed by atoms with E-state index in [-0.39, 0.29) is 0 Å². The molecule has 0 unspecified atom stereocenters. The second kappa shape index (κ2) is 13.3. The van der Waals surface area contributed by atoms with Gasteiger partial charge >= 0.3 is 0 Å². The van der Waals surface area contributed by atoms with Gasteiger partial charge in [-0.25, -0.2) is 0 Å². The number of aromatic nitrogens is 7. The van der Waals surface area contributed by atoms with Crippen LogP contribution in [0.5, 0.6) is 0 Å². The van der Waals surface area contributed by atoms with Crippen LogP contribution in [0.1, 0.15) is 0 Å². The molecule has 0 spiro atoms. The molecule has 0 saturated carbocycles. The number of hydrogen-bond acceptors (Lipinski definition) is 3. The minimum Gasteiger partial charge on any atom is -0.309 e. The van der Waals surface area contributed by atoms with Crippen molar-refractivity contribution >= 4 is 87.2 Å². The number of benzene rings is 9. The molecule has 0 aliphatic rings. The van der Waals surface area contributed by atoms with Crippen molar-refractivity contribution in [1.29, 1.82) is 0 Å². The Bertz CT molecular complexity index is 3950. The Morgan fingerprint density at radius 1 is 0.234 bits per heavy atom. The zero-order valence-corrected chi connectivity index (χ0v) is 34.3. The van der Waals surface area contributed by atoms with Gasteiger partial charge in [-0.15, -0.1) is 0 Å². The van der Waals surface area contributed by atoms with Gasteiger partial charge in [0.25, 0.3) is 0 Å². The average Bonchev–Trinajstić information content (AvgIpc) is 4.08. The first-order chi connectivity index (χ1) is 31.8. The number of nitrogens with zero attached hydrogens (tertiary/aromatic N) is 7. The maximum Gasteiger partial charge on any atom is 0.240 e. The Hall–Kier alpha value is -8.81. The van der Waals surface area contributed by atoms with E-state index in [1.807, 2.05) is 0 Å². The monoisotopic (exact) mass is 817 g/mol. The van der Waals surface area contributed by atoms with E-state index >= 15 is 0 Å². The van der Waals surface area contributed by atoms with Crippen LogP contribution in [0.2, 0.25) is 0 Å². The van der Waals surface area contributed by atoms with E-state index in [4.69, 9.17) is 15.0 Å². The summed E-state index contributed by atoms with van der Waals surface area (Å²) in [5.74, 6) is 1.71. The third-order valence-corrected chi connectivity index (χ3v) is 13.0. The van der Waals surface area contributed by atoms with Gasteiger partial charge in [0, 0.05) is 60.0 Å². The zero-order valence-electron chi connectivity index (χ0n) is 34.3. The van der Waals surface area contributed by atoms with Gasteiger partial charge in [-0.1, -0.05) is 127 Å². The summed E-state index contributed by atoms with van der Waals surface area (Å²) in [6.45, 7) is 0. The van der Waals surface area contributed by atoms with E-state index in [0.29, 0.717) is 17.7 Å². The lowest BCUT2D eigenvalue weighted by Crippen LogP contribution is -2.10. The third-order valence-electron chi connectivity index (χ3n) is 13.0. The zero-order chi connectivity index (χ0) is 41.9. The summed E-state index contributed by atoms with van der Waals surface area (Å²) in [6.07, 6.45) is 0. The summed E-state index contributed by atoms with van der Waals surface area (Å²) in [4.78, 5) is 16.0. The Balaban J connectivity index is 0.996. The van der Waals surface area contributed by atoms with Crippen LogP contribution >= 0.6 is 0 Å². The fourth-order valence-electron chi connectivity index (χ4n) is 10.3. The quantitative estimate of drug-likeness (QED) is 0.174. The molecule has 5 heterocycles. The molecule has 0 bridgehead atoms. The van der Waals surface area contributed by atoms with Crippen molar-refractivity contribution < 1.29 is 0 Å². The van der Waals surface area contributed by atoms with Crippen LogP contribution < -0.4 is 0 Å². The van der Waals surface area contributed by atoms with Gasteiger partial charge in [0.1, 0.15) is 0 Å². The molecule has 0 amide bonds. The first-order valence-corrected chi connectivity index (χ1v) is 21.6. The standard InChI is InChI=1S/C57H35N7/c1-2-16-37(17-3-1)61-47-24-10-8-22-43(47)45-34-46-44-23-9-11-25-48(44)62(54(46)35-53(45)61)38-32-30-36(31-33-38)55-58-56(63-49-26-12-4-18-39(49)40-19-5-13-27-50(40)63)60-57(59-55)64-51-28-14-6-20-41(51)42-21-7-15-29-52(42)64/h1-35H. The van der Waals surface area contributed by atoms with Gasteiger partial charge in [-0.3, -0.25) is 9.13 Å². The van der Waals surface area contributed by atoms with Crippen LogP contribution in [0.15, 0.2) is 212 Å². The highest BCUT2D eigenvalue weighted by atomic mass is 15.3. The molecule has 0 aliphatic carbocycles. The van der Waals surface area contributed by atoms with Gasteiger partial charge in [-0.2, -0.15) is 15.0 Å². The molecule has 9 aromatic carbocycles. The molecule has 14 aromatic rings. The minimum absolute atomic E-state index is 0.559. The minimum atomic E-state index is 0.559. The van der Waals surface area contributed by atoms with Crippen LogP contribution in [-0.2, 0) is 0 Å². The van der Waals surface area contributed by atoms with Crippen molar-refractivity contribution in [2.45, 2.75) is 0 Å². The Morgan fingerprint density at radius 2 is 0.562 bits per heavy atom. The van der Waals surface area contributed by atoms with Gasteiger partial charge in [-0.05, 0) is 84.9 Å². The van der Waals surface area contributed by atoms with E-state index in [1.54, 1.807) is 0 Å². The summed E-state index contributed by atoms with van der Waals surface area (Å²) in [6, 6.07) is 75.5. The Morgan fingerprint density at radius 3 is 0.969 bits per heavy atom. The molecule has 0 radical (unpaired) electrons. The lowest BCUT2D eigenvalue weighted by Gasteiger charge is -2.13. The molecule has 14 rings (SSSR count). The van der Waals surface area contributed by atoms with Crippen molar-refractivity contribution in [2.75, 3.05) is 0 Å². The second-order valence-electron chi connectivity index (χ2n) is 16.5. The van der Waals surface area contributed by atoms with Crippen LogP contribution in [0.3, 0.4) is 0 Å². The lowest BCUT2D eigenvalue weighted by atomic mass is 10.1. The molecular formula is C57H35N7. The van der Waals surface area contributed by atoms with Gasteiger partial charge in [0.05, 0.1) is 44.1 Å². The van der Waals surface area contributed by atoms with E-state index in [9.17, 15) is 0 Å². The molecule has 0 aliphatic heterocycles. The summed E-state index contributed by atoms with van der Waals surface area (Å²) < 4.78 is 9.13. The highest BCUT2D eigenvalue weighted by molar-refractivity contribution is 6.19. The largest absolute Gasteiger partial charge is 0.309 e. The Kier molecular flexibility index (Phi) is 7.27. The van der Waals surface area contributed by atoms with E-state index in [2.05, 4.69) is 231 Å². The van der Waals surface area contributed by atoms with Crippen LogP contribution in [0, 0.1) is 0 Å². The van der Waals surface area contributed by atoms with Crippen molar-refractivity contribution in [3.63, 3.8) is 0 Å². The van der Waals surface area contributed by atoms with Crippen molar-refractivity contribution in [2.24, 2.45) is 0 Å². The summed E-state index contributed by atoms with van der Waals surface area (Å²) >= 11 is 0. The van der Waals surface area contributed by atoms with Crippen molar-refractivity contribution in [3.05, 3.63) is 212 Å². The predicted molar refractivity (Wildman–Crippen MR) is 263 cm³/mol. The number of para-hydroxylation sites is 7. The topological polar surface area (TPSA) is 58.4 Å². The van der Waals surface area contributed by atoms with Crippen LogP contribution in [0.25, 0.3) is 122 Å². The van der Waals surface area contributed by atoms with Crippen LogP contribution in [0.4, 0.5) is 0 Å². The summed E-state index contributed by atoms with van der Waals surface area (Å²) in [5.41, 5.74) is 11.9. The molecule has 64 heavy (non-hydrogen) atoms. The van der Waals surface area contributed by atoms with Crippen molar-refractivity contribution in [1.82, 2.24) is 33.2 Å². The predicted octanol–water partition coefficient (Wildman–Crippen LogP) is 13.9. The molecule has 0 atom stereocenters. The Labute approximate surface area is 366 Å². The fourth-order valence-corrected chi connectivity index (χ4v) is 10.3. The van der Waals surface area contributed by atoms with E-state index in [1.165, 1.54) is 32.6 Å². The van der Waals surface area contributed by atoms with Gasteiger partial charge in [0.2, 0.25) is 11.9 Å². The molecular weight excluding hydrogens is 783 g/mol. The summed E-state index contributed by atoms with van der Waals surface area (Å²) in [5, 5.41) is 9.49. The number of fused-ring (bicyclic) bond motifs is 12. The molecule has 0 saturated heterocycles. The average molecular weight is 818 g/mol. The molecule has 7 nitrogen and oxygen atoms in total. The van der Waals surface area contributed by atoms with Gasteiger partial charge < -0.3 is 9.13 Å². The third kappa shape index (κ3) is 4.94. The maximum absolute atomic E-state index is 5.34. The first-order valence-electron chi connectivity index (χ1n) is 21.6. The lowest BCUT2D eigenvalue weighted by molar-refractivity contribution is 0.893. The van der Waals surface area contributed by atoms with Crippen LogP contribution in [-0.4, -0.2) is 33.2 Å². The summed E-state index contributed by atoms with van der Waals surface area (Å²) in [7, 11) is 0. The van der Waals surface area contributed by atoms with Crippen molar-refractivity contribution in [3.8, 4) is 34.7 Å². The van der Waals surface area contributed by atoms with Gasteiger partial charge in [0.15, 0.2) is 5.82 Å².